The highest BCUT2D eigenvalue weighted by Crippen LogP contribution is 2.22. The van der Waals surface area contributed by atoms with E-state index < -0.39 is 0 Å². The van der Waals surface area contributed by atoms with Crippen LogP contribution in [0, 0.1) is 0 Å². The summed E-state index contributed by atoms with van der Waals surface area (Å²) >= 11 is 6.12. The van der Waals surface area contributed by atoms with Crippen molar-refractivity contribution in [3.8, 4) is 0 Å². The highest BCUT2D eigenvalue weighted by molar-refractivity contribution is 6.33. The number of benzene rings is 1. The predicted octanol–water partition coefficient (Wildman–Crippen LogP) is 2.85. The van der Waals surface area contributed by atoms with E-state index in [2.05, 4.69) is 29.0 Å². The summed E-state index contributed by atoms with van der Waals surface area (Å²) in [6.45, 7) is 8.62. The summed E-state index contributed by atoms with van der Waals surface area (Å²) in [7, 11) is 0. The molecule has 3 atom stereocenters. The van der Waals surface area contributed by atoms with E-state index in [-0.39, 0.29) is 18.1 Å². The minimum atomic E-state index is 0.00344. The Labute approximate surface area is 155 Å². The Morgan fingerprint density at radius 2 is 2.00 bits per heavy atom. The average Bonchev–Trinajstić information content (AvgIpc) is 2.95. The number of nitrogens with zero attached hydrogens (tertiary/aromatic N) is 2. The second-order valence-electron chi connectivity index (χ2n) is 7.27. The molecule has 2 aliphatic heterocycles. The SMILES string of the molecule is CC1CN(CC2CCCN2CC(=O)Nc2ccccc2Cl)CC(C)O1. The fourth-order valence-corrected chi connectivity index (χ4v) is 4.16. The van der Waals surface area contributed by atoms with E-state index in [1.54, 1.807) is 6.07 Å². The average molecular weight is 366 g/mol. The number of halogens is 1. The van der Waals surface area contributed by atoms with Gasteiger partial charge in [0.05, 0.1) is 29.5 Å². The lowest BCUT2D eigenvalue weighted by molar-refractivity contribution is -0.117. The molecule has 0 radical (unpaired) electrons. The Bertz CT molecular complexity index is 588. The highest BCUT2D eigenvalue weighted by Gasteiger charge is 2.30. The molecule has 6 heteroatoms. The van der Waals surface area contributed by atoms with Crippen LogP contribution in [0.1, 0.15) is 26.7 Å². The molecular formula is C19H28ClN3O2. The molecule has 0 spiro atoms. The van der Waals surface area contributed by atoms with Gasteiger partial charge in [-0.3, -0.25) is 14.6 Å². The standard InChI is InChI=1S/C19H28ClN3O2/c1-14-10-22(11-15(2)25-14)12-16-6-5-9-23(16)13-19(24)21-18-8-4-3-7-17(18)20/h3-4,7-8,14-16H,5-6,9-13H2,1-2H3,(H,21,24). The van der Waals surface area contributed by atoms with Crippen LogP contribution < -0.4 is 5.32 Å². The topological polar surface area (TPSA) is 44.8 Å². The lowest BCUT2D eigenvalue weighted by atomic mass is 10.1. The summed E-state index contributed by atoms with van der Waals surface area (Å²) in [4.78, 5) is 17.2. The Balaban J connectivity index is 1.53. The Morgan fingerprint density at radius 1 is 1.28 bits per heavy atom. The van der Waals surface area contributed by atoms with E-state index in [9.17, 15) is 4.79 Å². The van der Waals surface area contributed by atoms with Gasteiger partial charge in [0.2, 0.25) is 5.91 Å². The van der Waals surface area contributed by atoms with E-state index in [0.29, 0.717) is 23.3 Å². The molecule has 3 unspecified atom stereocenters. The van der Waals surface area contributed by atoms with Crippen molar-refractivity contribution in [1.29, 1.82) is 0 Å². The van der Waals surface area contributed by atoms with Crippen molar-refractivity contribution in [2.75, 3.05) is 38.0 Å². The molecule has 2 aliphatic rings. The fraction of sp³-hybridized carbons (Fsp3) is 0.632. The smallest absolute Gasteiger partial charge is 0.238 e. The molecule has 2 fully saturated rings. The van der Waals surface area contributed by atoms with Crippen LogP contribution in [0.4, 0.5) is 5.69 Å². The molecule has 0 aliphatic carbocycles. The van der Waals surface area contributed by atoms with E-state index >= 15 is 0 Å². The Hall–Kier alpha value is -1.14. The fourth-order valence-electron chi connectivity index (χ4n) is 3.98. The summed E-state index contributed by atoms with van der Waals surface area (Å²) in [5.41, 5.74) is 0.681. The first-order chi connectivity index (χ1) is 12.0. The summed E-state index contributed by atoms with van der Waals surface area (Å²) in [6, 6.07) is 7.80. The summed E-state index contributed by atoms with van der Waals surface area (Å²) in [6.07, 6.45) is 2.86. The van der Waals surface area contributed by atoms with E-state index in [1.807, 2.05) is 18.2 Å². The van der Waals surface area contributed by atoms with Crippen LogP contribution in [-0.4, -0.2) is 66.7 Å². The van der Waals surface area contributed by atoms with E-state index in [1.165, 1.54) is 0 Å². The van der Waals surface area contributed by atoms with Crippen molar-refractivity contribution in [1.82, 2.24) is 9.80 Å². The van der Waals surface area contributed by atoms with Crippen molar-refractivity contribution >= 4 is 23.2 Å². The van der Waals surface area contributed by atoms with Crippen LogP contribution in [0.3, 0.4) is 0 Å². The number of anilines is 1. The summed E-state index contributed by atoms with van der Waals surface area (Å²) in [5.74, 6) is 0.00344. The maximum Gasteiger partial charge on any atom is 0.238 e. The number of para-hydroxylation sites is 1. The molecular weight excluding hydrogens is 338 g/mol. The van der Waals surface area contributed by atoms with Crippen LogP contribution >= 0.6 is 11.6 Å². The molecule has 1 amide bonds. The maximum absolute atomic E-state index is 12.4. The van der Waals surface area contributed by atoms with Crippen molar-refractivity contribution < 1.29 is 9.53 Å². The van der Waals surface area contributed by atoms with Crippen LogP contribution in [0.25, 0.3) is 0 Å². The Morgan fingerprint density at radius 3 is 2.72 bits per heavy atom. The van der Waals surface area contributed by atoms with E-state index in [4.69, 9.17) is 16.3 Å². The van der Waals surface area contributed by atoms with Gasteiger partial charge >= 0.3 is 0 Å². The third-order valence-electron chi connectivity index (χ3n) is 4.96. The molecule has 0 saturated carbocycles. The van der Waals surface area contributed by atoms with Gasteiger partial charge in [0.1, 0.15) is 0 Å². The molecule has 0 bridgehead atoms. The second kappa shape index (κ2) is 8.49. The predicted molar refractivity (Wildman–Crippen MR) is 101 cm³/mol. The zero-order valence-electron chi connectivity index (χ0n) is 15.1. The van der Waals surface area contributed by atoms with Crippen LogP contribution in [-0.2, 0) is 9.53 Å². The van der Waals surface area contributed by atoms with Crippen LogP contribution in [0.15, 0.2) is 24.3 Å². The molecule has 1 N–H and O–H groups in total. The third-order valence-corrected chi connectivity index (χ3v) is 5.29. The number of carbonyl (C=O) groups is 1. The zero-order valence-corrected chi connectivity index (χ0v) is 15.8. The molecule has 0 aromatic heterocycles. The van der Waals surface area contributed by atoms with Gasteiger partial charge < -0.3 is 10.1 Å². The van der Waals surface area contributed by atoms with Gasteiger partial charge in [-0.05, 0) is 45.4 Å². The van der Waals surface area contributed by atoms with Crippen molar-refractivity contribution in [3.63, 3.8) is 0 Å². The number of hydrogen-bond acceptors (Lipinski definition) is 4. The molecule has 3 rings (SSSR count). The summed E-state index contributed by atoms with van der Waals surface area (Å²) in [5, 5.41) is 3.50. The van der Waals surface area contributed by atoms with Gasteiger partial charge in [0.15, 0.2) is 0 Å². The zero-order chi connectivity index (χ0) is 17.8. The molecule has 2 heterocycles. The number of ether oxygens (including phenoxy) is 1. The molecule has 1 aromatic rings. The first-order valence-corrected chi connectivity index (χ1v) is 9.55. The molecule has 138 valence electrons. The molecule has 2 saturated heterocycles. The maximum atomic E-state index is 12.4. The quantitative estimate of drug-likeness (QED) is 0.871. The first-order valence-electron chi connectivity index (χ1n) is 9.17. The van der Waals surface area contributed by atoms with Gasteiger partial charge in [-0.25, -0.2) is 0 Å². The van der Waals surface area contributed by atoms with Crippen LogP contribution in [0.5, 0.6) is 0 Å². The van der Waals surface area contributed by atoms with Crippen molar-refractivity contribution in [2.24, 2.45) is 0 Å². The lowest BCUT2D eigenvalue weighted by Crippen LogP contribution is -2.50. The number of likely N-dealkylation sites (tertiary alicyclic amines) is 1. The lowest BCUT2D eigenvalue weighted by Gasteiger charge is -2.38. The normalized spacial score (nSPS) is 28.2. The number of morpholine rings is 1. The molecule has 1 aromatic carbocycles. The summed E-state index contributed by atoms with van der Waals surface area (Å²) < 4.78 is 5.82. The minimum absolute atomic E-state index is 0.00344. The molecule has 5 nitrogen and oxygen atoms in total. The third kappa shape index (κ3) is 5.17. The van der Waals surface area contributed by atoms with Crippen molar-refractivity contribution in [3.05, 3.63) is 29.3 Å². The largest absolute Gasteiger partial charge is 0.373 e. The minimum Gasteiger partial charge on any atom is -0.373 e. The number of carbonyl (C=O) groups excluding carboxylic acids is 1. The van der Waals surface area contributed by atoms with Gasteiger partial charge in [-0.2, -0.15) is 0 Å². The van der Waals surface area contributed by atoms with Crippen LogP contribution in [0.2, 0.25) is 5.02 Å². The van der Waals surface area contributed by atoms with Gasteiger partial charge in [-0.1, -0.05) is 23.7 Å². The van der Waals surface area contributed by atoms with Gasteiger partial charge in [0.25, 0.3) is 0 Å². The highest BCUT2D eigenvalue weighted by atomic mass is 35.5. The monoisotopic (exact) mass is 365 g/mol. The Kier molecular flexibility index (Phi) is 6.34. The molecule has 25 heavy (non-hydrogen) atoms. The first kappa shape index (κ1) is 18.6. The van der Waals surface area contributed by atoms with Crippen molar-refractivity contribution in [2.45, 2.75) is 44.9 Å². The second-order valence-corrected chi connectivity index (χ2v) is 7.68. The number of rotatable bonds is 5. The number of nitrogens with one attached hydrogen (secondary N) is 1. The van der Waals surface area contributed by atoms with Gasteiger partial charge in [-0.15, -0.1) is 0 Å². The van der Waals surface area contributed by atoms with Gasteiger partial charge in [0, 0.05) is 25.7 Å². The van der Waals surface area contributed by atoms with E-state index in [0.717, 1.165) is 39.0 Å². The number of hydrogen-bond donors (Lipinski definition) is 1. The number of amides is 1.